The Labute approximate surface area is 108 Å². The third-order valence-corrected chi connectivity index (χ3v) is 2.72. The minimum Gasteiger partial charge on any atom is -0.426 e. The Bertz CT molecular complexity index is 582. The summed E-state index contributed by atoms with van der Waals surface area (Å²) < 4.78 is 5.09. The molecule has 0 bridgehead atoms. The number of carbonyl (C=O) groups is 1. The van der Waals surface area contributed by atoms with E-state index in [0.717, 1.165) is 0 Å². The zero-order chi connectivity index (χ0) is 13.3. The molecular formula is C11H8N2O4S. The molecule has 1 aliphatic heterocycles. The van der Waals surface area contributed by atoms with Crippen LogP contribution >= 0.6 is 12.2 Å². The summed E-state index contributed by atoms with van der Waals surface area (Å²) >= 11 is 4.81. The second kappa shape index (κ2) is 4.53. The molecule has 2 rings (SSSR count). The van der Waals surface area contributed by atoms with E-state index < -0.39 is 4.92 Å². The molecule has 1 amide bonds. The highest BCUT2D eigenvalue weighted by molar-refractivity contribution is 7.80. The molecule has 1 saturated heterocycles. The molecule has 0 spiro atoms. The Morgan fingerprint density at radius 3 is 2.78 bits per heavy atom. The molecule has 1 aromatic carbocycles. The van der Waals surface area contributed by atoms with E-state index in [4.69, 9.17) is 17.0 Å². The quantitative estimate of drug-likeness (QED) is 0.352. The van der Waals surface area contributed by atoms with Gasteiger partial charge in [0.25, 0.3) is 16.8 Å². The lowest BCUT2D eigenvalue weighted by Crippen LogP contribution is -2.22. The molecule has 92 valence electrons. The lowest BCUT2D eigenvalue weighted by molar-refractivity contribution is -0.384. The van der Waals surface area contributed by atoms with Crippen LogP contribution < -0.4 is 0 Å². The molecule has 0 atom stereocenters. The predicted octanol–water partition coefficient (Wildman–Crippen LogP) is 1.71. The monoisotopic (exact) mass is 264 g/mol. The number of nitro benzene ring substituents is 1. The van der Waals surface area contributed by atoms with Gasteiger partial charge in [-0.15, -0.1) is 0 Å². The van der Waals surface area contributed by atoms with Crippen LogP contribution in [0.2, 0.25) is 0 Å². The fraction of sp³-hybridized carbons (Fsp3) is 0.0909. The number of carbonyl (C=O) groups excluding carboxylic acids is 1. The summed E-state index contributed by atoms with van der Waals surface area (Å²) in [6.45, 7) is 0. The smallest absolute Gasteiger partial charge is 0.296 e. The number of hydrogen-bond donors (Lipinski definition) is 0. The van der Waals surface area contributed by atoms with Crippen molar-refractivity contribution >= 4 is 35.1 Å². The van der Waals surface area contributed by atoms with E-state index in [-0.39, 0.29) is 22.5 Å². The van der Waals surface area contributed by atoms with Gasteiger partial charge in [-0.2, -0.15) is 0 Å². The number of hydrogen-bond acceptors (Lipinski definition) is 5. The fourth-order valence-corrected chi connectivity index (χ4v) is 1.60. The van der Waals surface area contributed by atoms with Crippen LogP contribution in [0.25, 0.3) is 6.08 Å². The lowest BCUT2D eigenvalue weighted by Gasteiger charge is -2.00. The maximum atomic E-state index is 11.7. The molecule has 1 aromatic rings. The highest BCUT2D eigenvalue weighted by atomic mass is 32.1. The minimum atomic E-state index is -0.504. The molecule has 1 fully saturated rings. The standard InChI is InChI=1S/C11H8N2O4S/c1-12-10(14)9(17-11(12)18)6-7-3-2-4-8(5-7)13(15)16/h2-6H,1H3. The van der Waals surface area contributed by atoms with Gasteiger partial charge >= 0.3 is 0 Å². The first-order valence-corrected chi connectivity index (χ1v) is 5.36. The van der Waals surface area contributed by atoms with Crippen LogP contribution in [0, 0.1) is 10.1 Å². The molecule has 6 nitrogen and oxygen atoms in total. The third kappa shape index (κ3) is 2.21. The van der Waals surface area contributed by atoms with Crippen LogP contribution in [0.3, 0.4) is 0 Å². The van der Waals surface area contributed by atoms with Gasteiger partial charge in [0, 0.05) is 19.2 Å². The number of non-ortho nitro benzene ring substituents is 1. The van der Waals surface area contributed by atoms with Gasteiger partial charge in [0.05, 0.1) is 4.92 Å². The zero-order valence-corrected chi connectivity index (χ0v) is 10.1. The largest absolute Gasteiger partial charge is 0.426 e. The summed E-state index contributed by atoms with van der Waals surface area (Å²) in [5, 5.41) is 10.7. The first kappa shape index (κ1) is 12.2. The first-order chi connectivity index (χ1) is 8.49. The lowest BCUT2D eigenvalue weighted by atomic mass is 10.2. The molecule has 7 heteroatoms. The number of benzene rings is 1. The molecule has 0 N–H and O–H groups in total. The molecule has 0 unspecified atom stereocenters. The highest BCUT2D eigenvalue weighted by Gasteiger charge is 2.30. The molecular weight excluding hydrogens is 256 g/mol. The van der Waals surface area contributed by atoms with E-state index in [2.05, 4.69) is 0 Å². The summed E-state index contributed by atoms with van der Waals surface area (Å²) in [5.74, 6) is -0.311. The average Bonchev–Trinajstić information content (AvgIpc) is 2.57. The van der Waals surface area contributed by atoms with Crippen molar-refractivity contribution in [2.24, 2.45) is 0 Å². The molecule has 0 aromatic heterocycles. The second-order valence-corrected chi connectivity index (χ2v) is 3.94. The number of rotatable bonds is 2. The Kier molecular flexibility index (Phi) is 3.07. The van der Waals surface area contributed by atoms with Crippen molar-refractivity contribution < 1.29 is 14.5 Å². The van der Waals surface area contributed by atoms with Crippen LogP contribution in [-0.4, -0.2) is 28.0 Å². The number of ether oxygens (including phenoxy) is 1. The zero-order valence-electron chi connectivity index (χ0n) is 9.32. The predicted molar refractivity (Wildman–Crippen MR) is 67.5 cm³/mol. The van der Waals surface area contributed by atoms with Gasteiger partial charge in [0.1, 0.15) is 0 Å². The van der Waals surface area contributed by atoms with E-state index in [1.54, 1.807) is 6.07 Å². The Balaban J connectivity index is 2.34. The normalized spacial score (nSPS) is 17.2. The summed E-state index contributed by atoms with van der Waals surface area (Å²) in [6, 6.07) is 5.89. The third-order valence-electron chi connectivity index (χ3n) is 2.37. The van der Waals surface area contributed by atoms with Crippen LogP contribution in [0.4, 0.5) is 5.69 Å². The average molecular weight is 264 g/mol. The van der Waals surface area contributed by atoms with E-state index in [1.807, 2.05) is 0 Å². The second-order valence-electron chi connectivity index (χ2n) is 3.59. The van der Waals surface area contributed by atoms with Crippen LogP contribution in [0.1, 0.15) is 5.56 Å². The molecule has 0 aliphatic carbocycles. The van der Waals surface area contributed by atoms with Crippen LogP contribution in [0.15, 0.2) is 30.0 Å². The van der Waals surface area contributed by atoms with Crippen molar-refractivity contribution in [1.29, 1.82) is 0 Å². The van der Waals surface area contributed by atoms with Crippen LogP contribution in [0.5, 0.6) is 0 Å². The Hall–Kier alpha value is -2.28. The van der Waals surface area contributed by atoms with Crippen molar-refractivity contribution in [1.82, 2.24) is 4.90 Å². The van der Waals surface area contributed by atoms with E-state index >= 15 is 0 Å². The fourth-order valence-electron chi connectivity index (χ4n) is 1.43. The van der Waals surface area contributed by atoms with Gasteiger partial charge in [-0.3, -0.25) is 19.8 Å². The van der Waals surface area contributed by atoms with Gasteiger partial charge in [-0.05, 0) is 23.9 Å². The number of nitro groups is 1. The maximum absolute atomic E-state index is 11.7. The molecule has 1 aliphatic rings. The van der Waals surface area contributed by atoms with Crippen LogP contribution in [-0.2, 0) is 9.53 Å². The maximum Gasteiger partial charge on any atom is 0.296 e. The van der Waals surface area contributed by atoms with Crippen molar-refractivity contribution in [3.8, 4) is 0 Å². The minimum absolute atomic E-state index is 0.0503. The van der Waals surface area contributed by atoms with Gasteiger partial charge in [-0.25, -0.2) is 0 Å². The summed E-state index contributed by atoms with van der Waals surface area (Å²) in [4.78, 5) is 23.0. The number of amides is 1. The molecule has 0 radical (unpaired) electrons. The molecule has 18 heavy (non-hydrogen) atoms. The van der Waals surface area contributed by atoms with E-state index in [9.17, 15) is 14.9 Å². The van der Waals surface area contributed by atoms with Crippen molar-refractivity contribution in [3.63, 3.8) is 0 Å². The molecule has 0 saturated carbocycles. The number of likely N-dealkylation sites (N-methyl/N-ethyl adjacent to an activating group) is 1. The molecule has 1 heterocycles. The van der Waals surface area contributed by atoms with Gasteiger partial charge in [-0.1, -0.05) is 12.1 Å². The Morgan fingerprint density at radius 2 is 2.22 bits per heavy atom. The Morgan fingerprint density at radius 1 is 1.50 bits per heavy atom. The highest BCUT2D eigenvalue weighted by Crippen LogP contribution is 2.20. The number of nitrogens with zero attached hydrogens (tertiary/aromatic N) is 2. The summed E-state index contributed by atoms with van der Waals surface area (Å²) in [7, 11) is 1.50. The van der Waals surface area contributed by atoms with Crippen molar-refractivity contribution in [3.05, 3.63) is 45.7 Å². The van der Waals surface area contributed by atoms with E-state index in [1.165, 1.54) is 36.2 Å². The summed E-state index contributed by atoms with van der Waals surface area (Å²) in [6.07, 6.45) is 1.42. The number of thiocarbonyl (C=S) groups is 1. The first-order valence-electron chi connectivity index (χ1n) is 4.95. The van der Waals surface area contributed by atoms with Crippen molar-refractivity contribution in [2.75, 3.05) is 7.05 Å². The van der Waals surface area contributed by atoms with E-state index in [0.29, 0.717) is 5.56 Å². The summed E-state index contributed by atoms with van der Waals surface area (Å²) in [5.41, 5.74) is 0.455. The SMILES string of the molecule is CN1C(=O)C(=Cc2cccc([N+](=O)[O-])c2)OC1=S. The topological polar surface area (TPSA) is 72.7 Å². The van der Waals surface area contributed by atoms with Crippen molar-refractivity contribution in [2.45, 2.75) is 0 Å². The van der Waals surface area contributed by atoms with Gasteiger partial charge in [0.2, 0.25) is 0 Å². The van der Waals surface area contributed by atoms with Gasteiger partial charge < -0.3 is 4.74 Å². The van der Waals surface area contributed by atoms with Gasteiger partial charge in [0.15, 0.2) is 5.76 Å².